The van der Waals surface area contributed by atoms with E-state index in [0.29, 0.717) is 6.54 Å². The van der Waals surface area contributed by atoms with Crippen LogP contribution in [0, 0.1) is 0 Å². The highest BCUT2D eigenvalue weighted by atomic mass is 32.2. The third kappa shape index (κ3) is 4.91. The van der Waals surface area contributed by atoms with E-state index in [1.807, 2.05) is 59.3 Å². The Morgan fingerprint density at radius 3 is 2.78 bits per heavy atom. The summed E-state index contributed by atoms with van der Waals surface area (Å²) in [5.74, 6) is 2.43. The first-order chi connectivity index (χ1) is 13.2. The van der Waals surface area contributed by atoms with Crippen molar-refractivity contribution in [2.75, 3.05) is 19.1 Å². The number of thioether (sulfide) groups is 1. The molecule has 2 heterocycles. The summed E-state index contributed by atoms with van der Waals surface area (Å²) in [5, 5.41) is 14.4. The molecule has 142 valence electrons. The maximum atomic E-state index is 12.4. The molecule has 2 aromatic heterocycles. The van der Waals surface area contributed by atoms with E-state index < -0.39 is 0 Å². The molecule has 0 fully saturated rings. The number of pyridine rings is 1. The van der Waals surface area contributed by atoms with Crippen molar-refractivity contribution >= 4 is 23.4 Å². The molecule has 0 bridgehead atoms. The van der Waals surface area contributed by atoms with Gasteiger partial charge < -0.3 is 15.4 Å². The van der Waals surface area contributed by atoms with Crippen LogP contribution in [0.2, 0.25) is 0 Å². The van der Waals surface area contributed by atoms with Gasteiger partial charge in [-0.3, -0.25) is 4.40 Å². The summed E-state index contributed by atoms with van der Waals surface area (Å²) in [4.78, 5) is 12.4. The number of aromatic nitrogens is 3. The standard InChI is InChI=1S/C19H23N5O2S/c1-26-15-8-6-14(7-9-15)13-20-19(25)21-16(10-12-27-2)18-23-22-17-5-3-4-11-24(17)18/h3-9,11,16H,10,12-13H2,1-2H3,(H2,20,21,25)/t16-/m0/s1. The minimum atomic E-state index is -0.232. The van der Waals surface area contributed by atoms with Gasteiger partial charge in [-0.25, -0.2) is 4.79 Å². The number of rotatable bonds is 8. The summed E-state index contributed by atoms with van der Waals surface area (Å²) >= 11 is 1.73. The van der Waals surface area contributed by atoms with Crippen LogP contribution in [0.15, 0.2) is 48.7 Å². The second-order valence-corrected chi connectivity index (χ2v) is 6.98. The summed E-state index contributed by atoms with van der Waals surface area (Å²) in [5.41, 5.74) is 1.77. The quantitative estimate of drug-likeness (QED) is 0.623. The van der Waals surface area contributed by atoms with E-state index >= 15 is 0 Å². The number of benzene rings is 1. The Labute approximate surface area is 162 Å². The Morgan fingerprint density at radius 2 is 2.04 bits per heavy atom. The summed E-state index contributed by atoms with van der Waals surface area (Å²) in [7, 11) is 1.63. The Bertz CT molecular complexity index is 881. The first kappa shape index (κ1) is 19.0. The number of ether oxygens (including phenoxy) is 1. The highest BCUT2D eigenvalue weighted by Gasteiger charge is 2.20. The van der Waals surface area contributed by atoms with Crippen LogP contribution in [0.1, 0.15) is 23.9 Å². The molecule has 1 aromatic carbocycles. The molecule has 2 N–H and O–H groups in total. The van der Waals surface area contributed by atoms with Gasteiger partial charge in [-0.1, -0.05) is 18.2 Å². The first-order valence-corrected chi connectivity index (χ1v) is 10.1. The maximum absolute atomic E-state index is 12.4. The molecule has 7 nitrogen and oxygen atoms in total. The number of amides is 2. The monoisotopic (exact) mass is 385 g/mol. The Morgan fingerprint density at radius 1 is 1.22 bits per heavy atom. The number of nitrogens with zero attached hydrogens (tertiary/aromatic N) is 3. The second-order valence-electron chi connectivity index (χ2n) is 6.00. The van der Waals surface area contributed by atoms with Crippen LogP contribution < -0.4 is 15.4 Å². The van der Waals surface area contributed by atoms with E-state index in [9.17, 15) is 4.79 Å². The van der Waals surface area contributed by atoms with E-state index in [1.54, 1.807) is 18.9 Å². The molecule has 3 rings (SSSR count). The molecule has 0 saturated heterocycles. The van der Waals surface area contributed by atoms with E-state index in [1.165, 1.54) is 0 Å². The SMILES string of the molecule is COc1ccc(CNC(=O)N[C@@H](CCSC)c2nnc3ccccn23)cc1. The lowest BCUT2D eigenvalue weighted by molar-refractivity contribution is 0.235. The number of carbonyl (C=O) groups is 1. The van der Waals surface area contributed by atoms with Crippen LogP contribution in [-0.4, -0.2) is 39.7 Å². The van der Waals surface area contributed by atoms with Gasteiger partial charge in [0.2, 0.25) is 0 Å². The number of fused-ring (bicyclic) bond motifs is 1. The Hall–Kier alpha value is -2.74. The van der Waals surface area contributed by atoms with Gasteiger partial charge in [-0.2, -0.15) is 11.8 Å². The van der Waals surface area contributed by atoms with Gasteiger partial charge in [-0.05, 0) is 48.3 Å². The van der Waals surface area contributed by atoms with Gasteiger partial charge in [0, 0.05) is 12.7 Å². The van der Waals surface area contributed by atoms with Gasteiger partial charge >= 0.3 is 6.03 Å². The van der Waals surface area contributed by atoms with Crippen molar-refractivity contribution in [1.29, 1.82) is 0 Å². The number of hydrogen-bond acceptors (Lipinski definition) is 5. The predicted molar refractivity (Wildman–Crippen MR) is 107 cm³/mol. The van der Waals surface area contributed by atoms with Crippen LogP contribution >= 0.6 is 11.8 Å². The number of methoxy groups -OCH3 is 1. The van der Waals surface area contributed by atoms with Gasteiger partial charge in [-0.15, -0.1) is 10.2 Å². The summed E-state index contributed by atoms with van der Waals surface area (Å²) in [6, 6.07) is 12.9. The zero-order valence-corrected chi connectivity index (χ0v) is 16.2. The van der Waals surface area contributed by atoms with Crippen molar-refractivity contribution in [2.24, 2.45) is 0 Å². The molecule has 0 unspecified atom stereocenters. The molecule has 0 aliphatic rings. The first-order valence-electron chi connectivity index (χ1n) is 8.67. The largest absolute Gasteiger partial charge is 0.497 e. The zero-order valence-electron chi connectivity index (χ0n) is 15.4. The lowest BCUT2D eigenvalue weighted by Crippen LogP contribution is -2.38. The highest BCUT2D eigenvalue weighted by molar-refractivity contribution is 7.98. The fourth-order valence-electron chi connectivity index (χ4n) is 2.73. The minimum Gasteiger partial charge on any atom is -0.497 e. The van der Waals surface area contributed by atoms with Crippen molar-refractivity contribution in [3.63, 3.8) is 0 Å². The lowest BCUT2D eigenvalue weighted by Gasteiger charge is -2.17. The van der Waals surface area contributed by atoms with Crippen molar-refractivity contribution in [3.05, 3.63) is 60.0 Å². The number of hydrogen-bond donors (Lipinski definition) is 2. The van der Waals surface area contributed by atoms with E-state index in [2.05, 4.69) is 20.8 Å². The molecule has 1 atom stereocenters. The topological polar surface area (TPSA) is 80.5 Å². The number of carbonyl (C=O) groups excluding carboxylic acids is 1. The molecule has 8 heteroatoms. The Balaban J connectivity index is 1.65. The van der Waals surface area contributed by atoms with Crippen molar-refractivity contribution in [1.82, 2.24) is 25.2 Å². The predicted octanol–water partition coefficient (Wildman–Crippen LogP) is 3.03. The highest BCUT2D eigenvalue weighted by Crippen LogP contribution is 2.18. The molecule has 0 aliphatic heterocycles. The minimum absolute atomic E-state index is 0.217. The van der Waals surface area contributed by atoms with Crippen molar-refractivity contribution in [3.8, 4) is 5.75 Å². The fraction of sp³-hybridized carbons (Fsp3) is 0.316. The fourth-order valence-corrected chi connectivity index (χ4v) is 3.21. The number of urea groups is 1. The summed E-state index contributed by atoms with van der Waals surface area (Å²) < 4.78 is 7.06. The Kier molecular flexibility index (Phi) is 6.54. The van der Waals surface area contributed by atoms with E-state index in [-0.39, 0.29) is 12.1 Å². The smallest absolute Gasteiger partial charge is 0.315 e. The lowest BCUT2D eigenvalue weighted by atomic mass is 10.2. The zero-order chi connectivity index (χ0) is 19.1. The summed E-state index contributed by atoms with van der Waals surface area (Å²) in [6.45, 7) is 0.436. The molecule has 27 heavy (non-hydrogen) atoms. The van der Waals surface area contributed by atoms with Gasteiger partial charge in [0.1, 0.15) is 5.75 Å². The second kappa shape index (κ2) is 9.27. The van der Waals surface area contributed by atoms with Crippen LogP contribution in [-0.2, 0) is 6.54 Å². The molecule has 3 aromatic rings. The third-order valence-electron chi connectivity index (χ3n) is 4.18. The molecule has 0 aliphatic carbocycles. The van der Waals surface area contributed by atoms with Gasteiger partial charge in [0.15, 0.2) is 11.5 Å². The third-order valence-corrected chi connectivity index (χ3v) is 4.82. The average Bonchev–Trinajstić information content (AvgIpc) is 3.14. The van der Waals surface area contributed by atoms with E-state index in [0.717, 1.165) is 35.0 Å². The maximum Gasteiger partial charge on any atom is 0.315 e. The summed E-state index contributed by atoms with van der Waals surface area (Å²) in [6.07, 6.45) is 4.73. The van der Waals surface area contributed by atoms with E-state index in [4.69, 9.17) is 4.74 Å². The average molecular weight is 385 g/mol. The molecule has 0 saturated carbocycles. The van der Waals surface area contributed by atoms with Crippen molar-refractivity contribution in [2.45, 2.75) is 19.0 Å². The molecule has 2 amide bonds. The normalized spacial score (nSPS) is 11.9. The van der Waals surface area contributed by atoms with Crippen LogP contribution in [0.5, 0.6) is 5.75 Å². The van der Waals surface area contributed by atoms with Gasteiger partial charge in [0.25, 0.3) is 0 Å². The molecule has 0 radical (unpaired) electrons. The van der Waals surface area contributed by atoms with Crippen LogP contribution in [0.4, 0.5) is 4.79 Å². The molecule has 0 spiro atoms. The molecular weight excluding hydrogens is 362 g/mol. The van der Waals surface area contributed by atoms with Crippen LogP contribution in [0.3, 0.4) is 0 Å². The number of nitrogens with one attached hydrogen (secondary N) is 2. The van der Waals surface area contributed by atoms with Gasteiger partial charge in [0.05, 0.1) is 13.2 Å². The molecular formula is C19H23N5O2S. The van der Waals surface area contributed by atoms with Crippen LogP contribution in [0.25, 0.3) is 5.65 Å². The van der Waals surface area contributed by atoms with Crippen molar-refractivity contribution < 1.29 is 9.53 Å².